The van der Waals surface area contributed by atoms with Crippen LogP contribution in [0.25, 0.3) is 0 Å². The van der Waals surface area contributed by atoms with Crippen molar-refractivity contribution in [2.45, 2.75) is 6.92 Å². The number of hydrogen-bond donors (Lipinski definition) is 2. The van der Waals surface area contributed by atoms with E-state index in [9.17, 15) is 4.79 Å². The number of rotatable bonds is 2. The van der Waals surface area contributed by atoms with Gasteiger partial charge < -0.3 is 11.1 Å². The summed E-state index contributed by atoms with van der Waals surface area (Å²) in [6, 6.07) is 4.97. The summed E-state index contributed by atoms with van der Waals surface area (Å²) >= 11 is 0. The van der Waals surface area contributed by atoms with Crippen molar-refractivity contribution in [1.29, 1.82) is 0 Å². The first-order valence-electron chi connectivity index (χ1n) is 4.98. The Balaban J connectivity index is 2.21. The molecule has 0 spiro atoms. The Morgan fingerprint density at radius 2 is 2.29 bits per heavy atom. The van der Waals surface area contributed by atoms with Crippen LogP contribution >= 0.6 is 0 Å². The van der Waals surface area contributed by atoms with Gasteiger partial charge in [-0.3, -0.25) is 9.78 Å². The number of amides is 1. The van der Waals surface area contributed by atoms with E-state index in [1.54, 1.807) is 25.1 Å². The van der Waals surface area contributed by atoms with E-state index in [0.29, 0.717) is 17.1 Å². The van der Waals surface area contributed by atoms with Gasteiger partial charge in [0, 0.05) is 23.8 Å². The number of nitrogens with zero attached hydrogens (tertiary/aromatic N) is 3. The van der Waals surface area contributed by atoms with E-state index in [1.165, 1.54) is 12.4 Å². The Morgan fingerprint density at radius 1 is 1.47 bits per heavy atom. The Morgan fingerprint density at radius 3 is 2.94 bits per heavy atom. The fourth-order valence-electron chi connectivity index (χ4n) is 1.32. The number of nitrogen functional groups attached to an aromatic ring is 1. The summed E-state index contributed by atoms with van der Waals surface area (Å²) in [7, 11) is 0. The van der Waals surface area contributed by atoms with Crippen LogP contribution in [0.2, 0.25) is 0 Å². The number of nitrogens with two attached hydrogens (primary N) is 1. The van der Waals surface area contributed by atoms with E-state index in [1.807, 2.05) is 0 Å². The van der Waals surface area contributed by atoms with Crippen LogP contribution in [0.3, 0.4) is 0 Å². The second kappa shape index (κ2) is 4.56. The average molecular weight is 229 g/mol. The average Bonchev–Trinajstić information content (AvgIpc) is 2.30. The fraction of sp³-hybridized carbons (Fsp3) is 0.0909. The van der Waals surface area contributed by atoms with Gasteiger partial charge in [-0.25, -0.2) is 0 Å². The molecule has 2 heterocycles. The molecule has 0 radical (unpaired) electrons. The first-order chi connectivity index (χ1) is 8.16. The molecule has 0 aliphatic rings. The summed E-state index contributed by atoms with van der Waals surface area (Å²) < 4.78 is 0. The first-order valence-corrected chi connectivity index (χ1v) is 4.98. The second-order valence-electron chi connectivity index (χ2n) is 3.48. The Labute approximate surface area is 97.9 Å². The molecule has 86 valence electrons. The molecule has 0 aliphatic heterocycles. The minimum absolute atomic E-state index is 0.321. The maximum absolute atomic E-state index is 11.8. The number of aryl methyl sites for hydroxylation is 1. The number of carbonyl (C=O) groups excluding carboxylic acids is 1. The zero-order valence-corrected chi connectivity index (χ0v) is 9.21. The van der Waals surface area contributed by atoms with Gasteiger partial charge in [0.1, 0.15) is 0 Å². The van der Waals surface area contributed by atoms with Crippen molar-refractivity contribution < 1.29 is 4.79 Å². The fourth-order valence-corrected chi connectivity index (χ4v) is 1.32. The van der Waals surface area contributed by atoms with Gasteiger partial charge in [-0.1, -0.05) is 0 Å². The molecule has 2 rings (SSSR count). The molecular weight excluding hydrogens is 218 g/mol. The van der Waals surface area contributed by atoms with Crippen LogP contribution in [0.15, 0.2) is 30.6 Å². The molecular formula is C11H11N5O. The SMILES string of the molecule is Cc1cc(N)c(C(=O)Nc2cccnn2)cn1. The highest BCUT2D eigenvalue weighted by Crippen LogP contribution is 2.13. The number of pyridine rings is 1. The smallest absolute Gasteiger partial charge is 0.260 e. The second-order valence-corrected chi connectivity index (χ2v) is 3.48. The topological polar surface area (TPSA) is 93.8 Å². The van der Waals surface area contributed by atoms with Crippen LogP contribution < -0.4 is 11.1 Å². The largest absolute Gasteiger partial charge is 0.398 e. The van der Waals surface area contributed by atoms with E-state index < -0.39 is 0 Å². The monoisotopic (exact) mass is 229 g/mol. The van der Waals surface area contributed by atoms with Gasteiger partial charge in [0.05, 0.1) is 5.56 Å². The zero-order chi connectivity index (χ0) is 12.3. The van der Waals surface area contributed by atoms with Crippen LogP contribution in [0.1, 0.15) is 16.1 Å². The quantitative estimate of drug-likeness (QED) is 0.801. The summed E-state index contributed by atoms with van der Waals surface area (Å²) in [5, 5.41) is 9.99. The molecule has 6 heteroatoms. The van der Waals surface area contributed by atoms with E-state index >= 15 is 0 Å². The van der Waals surface area contributed by atoms with Crippen molar-refractivity contribution in [3.05, 3.63) is 41.9 Å². The van der Waals surface area contributed by atoms with E-state index in [4.69, 9.17) is 5.73 Å². The molecule has 0 fully saturated rings. The molecule has 0 bridgehead atoms. The minimum atomic E-state index is -0.351. The van der Waals surface area contributed by atoms with Gasteiger partial charge in [0.2, 0.25) is 0 Å². The van der Waals surface area contributed by atoms with Gasteiger partial charge in [-0.05, 0) is 25.1 Å². The van der Waals surface area contributed by atoms with Crippen LogP contribution in [0, 0.1) is 6.92 Å². The van der Waals surface area contributed by atoms with E-state index in [2.05, 4.69) is 20.5 Å². The molecule has 3 N–H and O–H groups in total. The highest BCUT2D eigenvalue weighted by molar-refractivity contribution is 6.07. The Kier molecular flexibility index (Phi) is 2.95. The summed E-state index contributed by atoms with van der Waals surface area (Å²) in [4.78, 5) is 15.9. The normalized spacial score (nSPS) is 9.94. The van der Waals surface area contributed by atoms with Gasteiger partial charge >= 0.3 is 0 Å². The molecule has 17 heavy (non-hydrogen) atoms. The number of aromatic nitrogens is 3. The third kappa shape index (κ3) is 2.54. The van der Waals surface area contributed by atoms with Crippen molar-refractivity contribution in [2.24, 2.45) is 0 Å². The third-order valence-electron chi connectivity index (χ3n) is 2.13. The molecule has 6 nitrogen and oxygen atoms in total. The minimum Gasteiger partial charge on any atom is -0.398 e. The summed E-state index contributed by atoms with van der Waals surface area (Å²) in [5.74, 6) is 0.0213. The Hall–Kier alpha value is -2.50. The van der Waals surface area contributed by atoms with Crippen molar-refractivity contribution in [3.8, 4) is 0 Å². The molecule has 2 aromatic heterocycles. The van der Waals surface area contributed by atoms with Gasteiger partial charge in [0.15, 0.2) is 5.82 Å². The molecule has 0 atom stereocenters. The molecule has 2 aromatic rings. The number of hydrogen-bond acceptors (Lipinski definition) is 5. The van der Waals surface area contributed by atoms with Crippen molar-refractivity contribution in [3.63, 3.8) is 0 Å². The van der Waals surface area contributed by atoms with Gasteiger partial charge in [0.25, 0.3) is 5.91 Å². The lowest BCUT2D eigenvalue weighted by molar-refractivity contribution is 0.102. The van der Waals surface area contributed by atoms with E-state index in [0.717, 1.165) is 5.69 Å². The standard InChI is InChI=1S/C11H11N5O/c1-7-5-9(12)8(6-13-7)11(17)15-10-3-2-4-14-16-10/h2-6H,1H3,(H2,12,13)(H,15,16,17). The van der Waals surface area contributed by atoms with Crippen LogP contribution in [0.5, 0.6) is 0 Å². The molecule has 0 aromatic carbocycles. The number of carbonyl (C=O) groups is 1. The first kappa shape index (κ1) is 11.0. The Bertz CT molecular complexity index is 541. The van der Waals surface area contributed by atoms with Crippen LogP contribution in [-0.2, 0) is 0 Å². The molecule has 0 saturated carbocycles. The summed E-state index contributed by atoms with van der Waals surface area (Å²) in [6.45, 7) is 1.81. The lowest BCUT2D eigenvalue weighted by atomic mass is 10.2. The van der Waals surface area contributed by atoms with Crippen LogP contribution in [-0.4, -0.2) is 21.1 Å². The number of anilines is 2. The van der Waals surface area contributed by atoms with Crippen molar-refractivity contribution in [1.82, 2.24) is 15.2 Å². The lowest BCUT2D eigenvalue weighted by Gasteiger charge is -2.06. The summed E-state index contributed by atoms with van der Waals surface area (Å²) in [5.41, 5.74) is 7.21. The summed E-state index contributed by atoms with van der Waals surface area (Å²) in [6.07, 6.45) is 2.97. The molecule has 1 amide bonds. The van der Waals surface area contributed by atoms with Gasteiger partial charge in [-0.2, -0.15) is 5.10 Å². The zero-order valence-electron chi connectivity index (χ0n) is 9.21. The highest BCUT2D eigenvalue weighted by atomic mass is 16.1. The van der Waals surface area contributed by atoms with Crippen molar-refractivity contribution >= 4 is 17.4 Å². The third-order valence-corrected chi connectivity index (χ3v) is 2.13. The molecule has 0 saturated heterocycles. The number of nitrogens with one attached hydrogen (secondary N) is 1. The molecule has 0 unspecified atom stereocenters. The maximum atomic E-state index is 11.8. The predicted octanol–water partition coefficient (Wildman–Crippen LogP) is 1.01. The predicted molar refractivity (Wildman–Crippen MR) is 63.4 cm³/mol. The highest BCUT2D eigenvalue weighted by Gasteiger charge is 2.11. The lowest BCUT2D eigenvalue weighted by Crippen LogP contribution is -2.15. The maximum Gasteiger partial charge on any atom is 0.260 e. The molecule has 0 aliphatic carbocycles. The van der Waals surface area contributed by atoms with E-state index in [-0.39, 0.29) is 5.91 Å². The van der Waals surface area contributed by atoms with Gasteiger partial charge in [-0.15, -0.1) is 5.10 Å². The van der Waals surface area contributed by atoms with Crippen LogP contribution in [0.4, 0.5) is 11.5 Å². The van der Waals surface area contributed by atoms with Crippen molar-refractivity contribution in [2.75, 3.05) is 11.1 Å².